The van der Waals surface area contributed by atoms with Gasteiger partial charge in [0.2, 0.25) is 0 Å². The standard InChI is InChI=1S/C16H21N3OS/c1-3-17-16(19-11-14-7-8-21-12-14)18-10-13-5-4-6-15(9-13)20-2/h4-9,12H,3,10-11H2,1-2H3,(H2,17,18,19). The van der Waals surface area contributed by atoms with Crippen molar-refractivity contribution in [3.63, 3.8) is 0 Å². The molecule has 2 rings (SSSR count). The van der Waals surface area contributed by atoms with Crippen LogP contribution in [0.3, 0.4) is 0 Å². The molecule has 1 aromatic heterocycles. The molecule has 0 aliphatic heterocycles. The van der Waals surface area contributed by atoms with Crippen LogP contribution < -0.4 is 15.4 Å². The summed E-state index contributed by atoms with van der Waals surface area (Å²) in [6.07, 6.45) is 0. The van der Waals surface area contributed by atoms with Crippen molar-refractivity contribution in [1.82, 2.24) is 10.6 Å². The molecule has 1 aromatic carbocycles. The Morgan fingerprint density at radius 2 is 2.14 bits per heavy atom. The predicted octanol–water partition coefficient (Wildman–Crippen LogP) is 3.01. The summed E-state index contributed by atoms with van der Waals surface area (Å²) < 4.78 is 5.23. The molecule has 0 radical (unpaired) electrons. The number of ether oxygens (including phenoxy) is 1. The SMILES string of the molecule is CCNC(=NCc1ccsc1)NCc1cccc(OC)c1. The third kappa shape index (κ3) is 5.11. The zero-order valence-electron chi connectivity index (χ0n) is 12.4. The quantitative estimate of drug-likeness (QED) is 0.637. The van der Waals surface area contributed by atoms with Crippen LogP contribution in [0.4, 0.5) is 0 Å². The predicted molar refractivity (Wildman–Crippen MR) is 89.0 cm³/mol. The van der Waals surface area contributed by atoms with Gasteiger partial charge in [-0.15, -0.1) is 0 Å². The molecule has 0 saturated heterocycles. The van der Waals surface area contributed by atoms with Crippen LogP contribution in [0, 0.1) is 0 Å². The zero-order chi connectivity index (χ0) is 14.9. The van der Waals surface area contributed by atoms with Crippen molar-refractivity contribution in [2.24, 2.45) is 4.99 Å². The van der Waals surface area contributed by atoms with Crippen molar-refractivity contribution in [3.8, 4) is 5.75 Å². The van der Waals surface area contributed by atoms with Gasteiger partial charge in [0.25, 0.3) is 0 Å². The molecule has 0 atom stereocenters. The molecular weight excluding hydrogens is 282 g/mol. The first kappa shape index (κ1) is 15.4. The molecule has 112 valence electrons. The summed E-state index contributed by atoms with van der Waals surface area (Å²) in [4.78, 5) is 4.58. The second-order valence-corrected chi connectivity index (χ2v) is 5.31. The van der Waals surface area contributed by atoms with Crippen LogP contribution in [0.5, 0.6) is 5.75 Å². The van der Waals surface area contributed by atoms with Gasteiger partial charge in [0.1, 0.15) is 5.75 Å². The number of hydrogen-bond acceptors (Lipinski definition) is 3. The summed E-state index contributed by atoms with van der Waals surface area (Å²) in [5, 5.41) is 10.8. The highest BCUT2D eigenvalue weighted by molar-refractivity contribution is 7.07. The topological polar surface area (TPSA) is 45.7 Å². The lowest BCUT2D eigenvalue weighted by molar-refractivity contribution is 0.414. The fraction of sp³-hybridized carbons (Fsp3) is 0.312. The Kier molecular flexibility index (Phi) is 6.09. The van der Waals surface area contributed by atoms with Gasteiger partial charge in [0, 0.05) is 13.1 Å². The Bertz CT molecular complexity index is 567. The second-order valence-electron chi connectivity index (χ2n) is 4.53. The van der Waals surface area contributed by atoms with Gasteiger partial charge in [-0.25, -0.2) is 4.99 Å². The molecule has 0 saturated carbocycles. The van der Waals surface area contributed by atoms with Crippen LogP contribution in [0.1, 0.15) is 18.1 Å². The van der Waals surface area contributed by atoms with Crippen molar-refractivity contribution in [1.29, 1.82) is 0 Å². The van der Waals surface area contributed by atoms with Gasteiger partial charge in [-0.3, -0.25) is 0 Å². The van der Waals surface area contributed by atoms with Gasteiger partial charge in [-0.1, -0.05) is 12.1 Å². The molecule has 0 aliphatic rings. The monoisotopic (exact) mass is 303 g/mol. The number of methoxy groups -OCH3 is 1. The maximum atomic E-state index is 5.23. The van der Waals surface area contributed by atoms with E-state index in [9.17, 15) is 0 Å². The minimum atomic E-state index is 0.691. The Morgan fingerprint density at radius 1 is 1.24 bits per heavy atom. The van der Waals surface area contributed by atoms with Crippen LogP contribution in [0.2, 0.25) is 0 Å². The van der Waals surface area contributed by atoms with E-state index in [0.717, 1.165) is 23.8 Å². The van der Waals surface area contributed by atoms with E-state index in [1.54, 1.807) is 18.4 Å². The number of guanidine groups is 1. The number of nitrogens with one attached hydrogen (secondary N) is 2. The van der Waals surface area contributed by atoms with Crippen molar-refractivity contribution in [2.75, 3.05) is 13.7 Å². The van der Waals surface area contributed by atoms with E-state index in [1.807, 2.05) is 18.2 Å². The molecule has 5 heteroatoms. The molecule has 0 spiro atoms. The first-order valence-corrected chi connectivity index (χ1v) is 7.92. The van der Waals surface area contributed by atoms with E-state index < -0.39 is 0 Å². The third-order valence-corrected chi connectivity index (χ3v) is 3.67. The summed E-state index contributed by atoms with van der Waals surface area (Å²) in [6, 6.07) is 10.1. The Balaban J connectivity index is 1.94. The average Bonchev–Trinajstić information content (AvgIpc) is 3.03. The first-order chi connectivity index (χ1) is 10.3. The van der Waals surface area contributed by atoms with Gasteiger partial charge in [-0.2, -0.15) is 11.3 Å². The lowest BCUT2D eigenvalue weighted by Crippen LogP contribution is -2.36. The lowest BCUT2D eigenvalue weighted by atomic mass is 10.2. The van der Waals surface area contributed by atoms with Gasteiger partial charge in [0.15, 0.2) is 5.96 Å². The normalized spacial score (nSPS) is 11.2. The van der Waals surface area contributed by atoms with E-state index >= 15 is 0 Å². The molecule has 0 fully saturated rings. The summed E-state index contributed by atoms with van der Waals surface area (Å²) in [6.45, 7) is 4.31. The molecule has 2 aromatic rings. The molecule has 1 heterocycles. The molecule has 2 N–H and O–H groups in total. The molecule has 0 unspecified atom stereocenters. The lowest BCUT2D eigenvalue weighted by Gasteiger charge is -2.11. The van der Waals surface area contributed by atoms with Gasteiger partial charge in [-0.05, 0) is 47.0 Å². The van der Waals surface area contributed by atoms with Crippen LogP contribution in [-0.4, -0.2) is 19.6 Å². The van der Waals surface area contributed by atoms with E-state index in [-0.39, 0.29) is 0 Å². The highest BCUT2D eigenvalue weighted by atomic mass is 32.1. The molecular formula is C16H21N3OS. The number of thiophene rings is 1. The van der Waals surface area contributed by atoms with E-state index in [4.69, 9.17) is 4.74 Å². The van der Waals surface area contributed by atoms with E-state index in [1.165, 1.54) is 5.56 Å². The number of rotatable bonds is 6. The second kappa shape index (κ2) is 8.32. The average molecular weight is 303 g/mol. The summed E-state index contributed by atoms with van der Waals surface area (Å²) >= 11 is 1.69. The van der Waals surface area contributed by atoms with Gasteiger partial charge < -0.3 is 15.4 Å². The van der Waals surface area contributed by atoms with Crippen molar-refractivity contribution >= 4 is 17.3 Å². The van der Waals surface area contributed by atoms with Gasteiger partial charge in [0.05, 0.1) is 13.7 Å². The molecule has 21 heavy (non-hydrogen) atoms. The Hall–Kier alpha value is -2.01. The van der Waals surface area contributed by atoms with E-state index in [2.05, 4.69) is 45.4 Å². The van der Waals surface area contributed by atoms with Crippen LogP contribution in [0.15, 0.2) is 46.1 Å². The number of benzene rings is 1. The van der Waals surface area contributed by atoms with Crippen molar-refractivity contribution in [3.05, 3.63) is 52.2 Å². The van der Waals surface area contributed by atoms with Crippen LogP contribution in [0.25, 0.3) is 0 Å². The van der Waals surface area contributed by atoms with Crippen LogP contribution in [-0.2, 0) is 13.1 Å². The maximum Gasteiger partial charge on any atom is 0.191 e. The first-order valence-electron chi connectivity index (χ1n) is 6.98. The smallest absolute Gasteiger partial charge is 0.191 e. The largest absolute Gasteiger partial charge is 0.497 e. The van der Waals surface area contributed by atoms with Crippen molar-refractivity contribution < 1.29 is 4.74 Å². The molecule has 0 amide bonds. The summed E-state index contributed by atoms with van der Waals surface area (Å²) in [5.41, 5.74) is 2.40. The van der Waals surface area contributed by atoms with E-state index in [0.29, 0.717) is 13.1 Å². The summed E-state index contributed by atoms with van der Waals surface area (Å²) in [5.74, 6) is 1.70. The number of aliphatic imine (C=N–C) groups is 1. The maximum absolute atomic E-state index is 5.23. The highest BCUT2D eigenvalue weighted by Crippen LogP contribution is 2.12. The van der Waals surface area contributed by atoms with Crippen LogP contribution >= 0.6 is 11.3 Å². The van der Waals surface area contributed by atoms with Crippen molar-refractivity contribution in [2.45, 2.75) is 20.0 Å². The van der Waals surface area contributed by atoms with Gasteiger partial charge >= 0.3 is 0 Å². The fourth-order valence-electron chi connectivity index (χ4n) is 1.86. The Labute approximate surface area is 129 Å². The number of nitrogens with zero attached hydrogens (tertiary/aromatic N) is 1. The Morgan fingerprint density at radius 3 is 2.86 bits per heavy atom. The molecule has 4 nitrogen and oxygen atoms in total. The fourth-order valence-corrected chi connectivity index (χ4v) is 2.52. The molecule has 0 bridgehead atoms. The highest BCUT2D eigenvalue weighted by Gasteiger charge is 2.00. The number of hydrogen-bond donors (Lipinski definition) is 2. The minimum absolute atomic E-state index is 0.691. The third-order valence-electron chi connectivity index (χ3n) is 2.94. The molecule has 0 aliphatic carbocycles. The summed E-state index contributed by atoms with van der Waals surface area (Å²) in [7, 11) is 1.68. The zero-order valence-corrected chi connectivity index (χ0v) is 13.2. The minimum Gasteiger partial charge on any atom is -0.497 e.